The van der Waals surface area contributed by atoms with Gasteiger partial charge in [0.2, 0.25) is 0 Å². The molecule has 0 unspecified atom stereocenters. The molecule has 1 heterocycles. The summed E-state index contributed by atoms with van der Waals surface area (Å²) < 4.78 is 20.1. The molecule has 0 saturated heterocycles. The van der Waals surface area contributed by atoms with Crippen LogP contribution in [0.4, 0.5) is 10.1 Å². The van der Waals surface area contributed by atoms with E-state index in [4.69, 9.17) is 10.5 Å². The maximum atomic E-state index is 13.0. The Balaban J connectivity index is 2.13. The zero-order chi connectivity index (χ0) is 14.9. The summed E-state index contributed by atoms with van der Waals surface area (Å²) in [5.74, 6) is -0.930. The number of carbonyl (C=O) groups is 1. The molecule has 0 atom stereocenters. The second kappa shape index (κ2) is 5.62. The van der Waals surface area contributed by atoms with Crippen molar-refractivity contribution in [1.82, 2.24) is 9.78 Å². The fourth-order valence-corrected chi connectivity index (χ4v) is 2.23. The fourth-order valence-electron chi connectivity index (χ4n) is 1.77. The molecular formula is C13H13BrFN3O2. The molecule has 106 valence electrons. The molecule has 0 fully saturated rings. The van der Waals surface area contributed by atoms with Crippen molar-refractivity contribution in [2.24, 2.45) is 7.05 Å². The standard InChI is InChI=1S/C13H13BrFN3O2/c1-7-11(16)12(18(2)17-7)13(19)20-6-8-3-4-9(15)5-10(8)14/h3-5H,6,16H2,1-2H3. The lowest BCUT2D eigenvalue weighted by molar-refractivity contribution is 0.0460. The molecule has 2 aromatic rings. The molecule has 1 aromatic heterocycles. The highest BCUT2D eigenvalue weighted by molar-refractivity contribution is 9.10. The summed E-state index contributed by atoms with van der Waals surface area (Å²) in [5.41, 5.74) is 7.53. The van der Waals surface area contributed by atoms with Crippen LogP contribution in [0.1, 0.15) is 21.7 Å². The van der Waals surface area contributed by atoms with Gasteiger partial charge in [0.15, 0.2) is 5.69 Å². The van der Waals surface area contributed by atoms with Crippen LogP contribution in [0.2, 0.25) is 0 Å². The van der Waals surface area contributed by atoms with Crippen LogP contribution in [-0.2, 0) is 18.4 Å². The van der Waals surface area contributed by atoms with Crippen molar-refractivity contribution in [1.29, 1.82) is 0 Å². The van der Waals surface area contributed by atoms with Gasteiger partial charge in [0.05, 0.1) is 11.4 Å². The van der Waals surface area contributed by atoms with Crippen molar-refractivity contribution in [3.63, 3.8) is 0 Å². The van der Waals surface area contributed by atoms with E-state index in [1.807, 2.05) is 0 Å². The number of hydrogen-bond donors (Lipinski definition) is 1. The number of carbonyl (C=O) groups excluding carboxylic acids is 1. The Morgan fingerprint density at radius 2 is 2.25 bits per heavy atom. The first-order valence-corrected chi connectivity index (χ1v) is 6.59. The Hall–Kier alpha value is -1.89. The monoisotopic (exact) mass is 341 g/mol. The van der Waals surface area contributed by atoms with E-state index in [-0.39, 0.29) is 18.1 Å². The lowest BCUT2D eigenvalue weighted by Crippen LogP contribution is -2.12. The highest BCUT2D eigenvalue weighted by Crippen LogP contribution is 2.21. The third-order valence-corrected chi connectivity index (χ3v) is 3.57. The summed E-state index contributed by atoms with van der Waals surface area (Å²) in [4.78, 5) is 12.0. The molecule has 0 spiro atoms. The molecule has 0 amide bonds. The van der Waals surface area contributed by atoms with E-state index in [1.54, 1.807) is 20.0 Å². The third kappa shape index (κ3) is 2.82. The van der Waals surface area contributed by atoms with E-state index in [9.17, 15) is 9.18 Å². The SMILES string of the molecule is Cc1nn(C)c(C(=O)OCc2ccc(F)cc2Br)c1N. The first-order chi connectivity index (χ1) is 9.40. The van der Waals surface area contributed by atoms with E-state index in [2.05, 4.69) is 21.0 Å². The van der Waals surface area contributed by atoms with Gasteiger partial charge < -0.3 is 10.5 Å². The maximum absolute atomic E-state index is 13.0. The van der Waals surface area contributed by atoms with Crippen molar-refractivity contribution in [3.05, 3.63) is 45.4 Å². The number of nitrogen functional groups attached to an aromatic ring is 1. The van der Waals surface area contributed by atoms with Crippen molar-refractivity contribution in [3.8, 4) is 0 Å². The number of hydrogen-bond acceptors (Lipinski definition) is 4. The van der Waals surface area contributed by atoms with Gasteiger partial charge in [0.25, 0.3) is 0 Å². The smallest absolute Gasteiger partial charge is 0.359 e. The van der Waals surface area contributed by atoms with Gasteiger partial charge in [-0.05, 0) is 19.1 Å². The van der Waals surface area contributed by atoms with Crippen LogP contribution in [0, 0.1) is 12.7 Å². The molecule has 7 heteroatoms. The summed E-state index contributed by atoms with van der Waals surface area (Å²) in [6.07, 6.45) is 0. The minimum atomic E-state index is -0.568. The van der Waals surface area contributed by atoms with Crippen molar-refractivity contribution in [2.75, 3.05) is 5.73 Å². The van der Waals surface area contributed by atoms with Crippen LogP contribution >= 0.6 is 15.9 Å². The maximum Gasteiger partial charge on any atom is 0.359 e. The number of nitrogens with two attached hydrogens (primary N) is 1. The quantitative estimate of drug-likeness (QED) is 0.871. The largest absolute Gasteiger partial charge is 0.456 e. The van der Waals surface area contributed by atoms with Gasteiger partial charge in [0.1, 0.15) is 12.4 Å². The zero-order valence-electron chi connectivity index (χ0n) is 11.0. The topological polar surface area (TPSA) is 70.1 Å². The van der Waals surface area contributed by atoms with E-state index >= 15 is 0 Å². The second-order valence-corrected chi connectivity index (χ2v) is 5.14. The number of nitrogens with zero attached hydrogens (tertiary/aromatic N) is 2. The third-order valence-electron chi connectivity index (χ3n) is 2.84. The van der Waals surface area contributed by atoms with E-state index in [1.165, 1.54) is 16.8 Å². The molecule has 0 aliphatic heterocycles. The summed E-state index contributed by atoms with van der Waals surface area (Å²) >= 11 is 3.21. The van der Waals surface area contributed by atoms with Gasteiger partial charge in [-0.1, -0.05) is 22.0 Å². The number of aryl methyl sites for hydroxylation is 2. The number of ether oxygens (including phenoxy) is 1. The average Bonchev–Trinajstić information content (AvgIpc) is 2.62. The Bertz CT molecular complexity index is 670. The molecule has 5 nitrogen and oxygen atoms in total. The molecule has 0 radical (unpaired) electrons. The van der Waals surface area contributed by atoms with Gasteiger partial charge in [-0.25, -0.2) is 9.18 Å². The van der Waals surface area contributed by atoms with Crippen molar-refractivity contribution in [2.45, 2.75) is 13.5 Å². The first-order valence-electron chi connectivity index (χ1n) is 5.80. The lowest BCUT2D eigenvalue weighted by atomic mass is 10.2. The fraction of sp³-hybridized carbons (Fsp3) is 0.231. The highest BCUT2D eigenvalue weighted by Gasteiger charge is 2.19. The molecule has 20 heavy (non-hydrogen) atoms. The highest BCUT2D eigenvalue weighted by atomic mass is 79.9. The second-order valence-electron chi connectivity index (χ2n) is 4.28. The average molecular weight is 342 g/mol. The minimum Gasteiger partial charge on any atom is -0.456 e. The predicted octanol–water partition coefficient (Wildman–Crippen LogP) is 2.57. The molecule has 2 N–H and O–H groups in total. The predicted molar refractivity (Wildman–Crippen MR) is 75.6 cm³/mol. The molecule has 2 rings (SSSR count). The minimum absolute atomic E-state index is 0.0172. The van der Waals surface area contributed by atoms with Crippen LogP contribution in [0.5, 0.6) is 0 Å². The summed E-state index contributed by atoms with van der Waals surface area (Å²) in [7, 11) is 1.62. The van der Waals surface area contributed by atoms with E-state index in [0.29, 0.717) is 21.4 Å². The van der Waals surface area contributed by atoms with Crippen LogP contribution in [0.3, 0.4) is 0 Å². The number of anilines is 1. The normalized spacial score (nSPS) is 10.6. The lowest BCUT2D eigenvalue weighted by Gasteiger charge is -2.07. The van der Waals surface area contributed by atoms with Crippen molar-refractivity contribution < 1.29 is 13.9 Å². The molecule has 0 aliphatic carbocycles. The molecule has 0 bridgehead atoms. The van der Waals surface area contributed by atoms with Crippen LogP contribution < -0.4 is 5.73 Å². The Kier molecular flexibility index (Phi) is 4.08. The number of rotatable bonds is 3. The molecule has 1 aromatic carbocycles. The van der Waals surface area contributed by atoms with Crippen LogP contribution in [0.15, 0.2) is 22.7 Å². The van der Waals surface area contributed by atoms with Crippen LogP contribution in [-0.4, -0.2) is 15.7 Å². The Morgan fingerprint density at radius 3 is 2.80 bits per heavy atom. The number of aromatic nitrogens is 2. The first kappa shape index (κ1) is 14.5. The Labute approximate surface area is 123 Å². The van der Waals surface area contributed by atoms with Gasteiger partial charge in [-0.15, -0.1) is 0 Å². The summed E-state index contributed by atoms with van der Waals surface area (Å²) in [6, 6.07) is 4.16. The summed E-state index contributed by atoms with van der Waals surface area (Å²) in [6.45, 7) is 1.73. The van der Waals surface area contributed by atoms with E-state index in [0.717, 1.165) is 0 Å². The summed E-state index contributed by atoms with van der Waals surface area (Å²) in [5, 5.41) is 4.05. The molecule has 0 saturated carbocycles. The van der Waals surface area contributed by atoms with Gasteiger partial charge >= 0.3 is 5.97 Å². The number of esters is 1. The number of benzene rings is 1. The molecular weight excluding hydrogens is 329 g/mol. The van der Waals surface area contributed by atoms with Gasteiger partial charge in [0, 0.05) is 17.1 Å². The van der Waals surface area contributed by atoms with E-state index < -0.39 is 5.97 Å². The number of halogens is 2. The van der Waals surface area contributed by atoms with Crippen LogP contribution in [0.25, 0.3) is 0 Å². The Morgan fingerprint density at radius 1 is 1.55 bits per heavy atom. The zero-order valence-corrected chi connectivity index (χ0v) is 12.6. The molecule has 0 aliphatic rings. The van der Waals surface area contributed by atoms with Gasteiger partial charge in [-0.2, -0.15) is 5.10 Å². The van der Waals surface area contributed by atoms with Gasteiger partial charge in [-0.3, -0.25) is 4.68 Å². The van der Waals surface area contributed by atoms with Crippen molar-refractivity contribution >= 4 is 27.6 Å².